The number of hydrogen-bond donors (Lipinski definition) is 0. The highest BCUT2D eigenvalue weighted by atomic mass is 19.4. The zero-order chi connectivity index (χ0) is 28.3. The van der Waals surface area contributed by atoms with Gasteiger partial charge in [-0.1, -0.05) is 18.2 Å². The van der Waals surface area contributed by atoms with Crippen molar-refractivity contribution >= 4 is 5.91 Å². The van der Waals surface area contributed by atoms with Crippen LogP contribution in [0.25, 0.3) is 0 Å². The molecular formula is C17H6F16N2O. The number of nitrogens with zero attached hydrogens (tertiary/aromatic N) is 2. The van der Waals surface area contributed by atoms with Gasteiger partial charge in [-0.3, -0.25) is 4.79 Å². The van der Waals surface area contributed by atoms with E-state index in [2.05, 4.69) is 5.10 Å². The van der Waals surface area contributed by atoms with Gasteiger partial charge in [-0.05, 0) is 18.2 Å². The van der Waals surface area contributed by atoms with Gasteiger partial charge in [-0.25, -0.2) is 0 Å². The van der Waals surface area contributed by atoms with Crippen LogP contribution in [-0.2, 0) is 12.1 Å². The van der Waals surface area contributed by atoms with Gasteiger partial charge < -0.3 is 0 Å². The Morgan fingerprint density at radius 1 is 0.639 bits per heavy atom. The Balaban J connectivity index is 2.72. The number of carbonyl (C=O) groups is 1. The summed E-state index contributed by atoms with van der Waals surface area (Å²) in [6.45, 7) is 0. The van der Waals surface area contributed by atoms with Crippen LogP contribution in [0.3, 0.4) is 0 Å². The topological polar surface area (TPSA) is 34.9 Å². The van der Waals surface area contributed by atoms with E-state index in [-0.39, 0.29) is 0 Å². The average molecular weight is 558 g/mol. The van der Waals surface area contributed by atoms with Gasteiger partial charge in [0, 0.05) is 5.56 Å². The zero-order valence-electron chi connectivity index (χ0n) is 16.3. The van der Waals surface area contributed by atoms with Gasteiger partial charge in [0.05, 0.1) is 0 Å². The number of carbonyl (C=O) groups excluding carboxylic acids is 1. The summed E-state index contributed by atoms with van der Waals surface area (Å²) in [4.78, 5) is 12.2. The van der Waals surface area contributed by atoms with Gasteiger partial charge >= 0.3 is 42.0 Å². The van der Waals surface area contributed by atoms with Crippen LogP contribution in [0.5, 0.6) is 0 Å². The van der Waals surface area contributed by atoms with E-state index < -0.39 is 75.6 Å². The Labute approximate surface area is 187 Å². The van der Waals surface area contributed by atoms with Crippen molar-refractivity contribution in [1.29, 1.82) is 0 Å². The van der Waals surface area contributed by atoms with E-state index in [0.717, 1.165) is 24.3 Å². The van der Waals surface area contributed by atoms with Crippen LogP contribution in [0.1, 0.15) is 21.7 Å². The highest BCUT2D eigenvalue weighted by Gasteiger charge is 2.91. The third-order valence-corrected chi connectivity index (χ3v) is 4.47. The SMILES string of the molecule is O=C(c1ccccc1)n1nc(C(F)(F)C(F)(F)C(F)(F)C(F)(F)C(F)(F)C(F)(F)F)cc1C(F)(F)F. The van der Waals surface area contributed by atoms with Crippen LogP contribution in [0.2, 0.25) is 0 Å². The Morgan fingerprint density at radius 2 is 1.08 bits per heavy atom. The summed E-state index contributed by atoms with van der Waals surface area (Å²) >= 11 is 0. The van der Waals surface area contributed by atoms with E-state index in [9.17, 15) is 75.0 Å². The van der Waals surface area contributed by atoms with Gasteiger partial charge in [-0.15, -0.1) is 0 Å². The molecular weight excluding hydrogens is 552 g/mol. The number of halogens is 16. The molecule has 36 heavy (non-hydrogen) atoms. The summed E-state index contributed by atoms with van der Waals surface area (Å²) < 4.78 is 211. The highest BCUT2D eigenvalue weighted by molar-refractivity contribution is 5.95. The minimum atomic E-state index is -8.25. The van der Waals surface area contributed by atoms with Crippen LogP contribution >= 0.6 is 0 Å². The second-order valence-electron chi connectivity index (χ2n) is 6.87. The van der Waals surface area contributed by atoms with Crippen LogP contribution < -0.4 is 0 Å². The molecule has 3 nitrogen and oxygen atoms in total. The predicted octanol–water partition coefficient (Wildman–Crippen LogP) is 6.79. The van der Waals surface area contributed by atoms with E-state index in [1.54, 1.807) is 0 Å². The lowest BCUT2D eigenvalue weighted by Gasteiger charge is -2.39. The molecule has 0 radical (unpaired) electrons. The van der Waals surface area contributed by atoms with E-state index in [0.29, 0.717) is 0 Å². The fourth-order valence-corrected chi connectivity index (χ4v) is 2.52. The smallest absolute Gasteiger partial charge is 0.267 e. The van der Waals surface area contributed by atoms with Crippen LogP contribution in [-0.4, -0.2) is 45.6 Å². The van der Waals surface area contributed by atoms with Crippen LogP contribution in [0.15, 0.2) is 36.4 Å². The van der Waals surface area contributed by atoms with E-state index in [4.69, 9.17) is 0 Å². The van der Waals surface area contributed by atoms with E-state index >= 15 is 0 Å². The number of aromatic nitrogens is 2. The lowest BCUT2D eigenvalue weighted by atomic mass is 9.92. The fourth-order valence-electron chi connectivity index (χ4n) is 2.52. The second-order valence-corrected chi connectivity index (χ2v) is 6.87. The van der Waals surface area contributed by atoms with E-state index in [1.807, 2.05) is 0 Å². The lowest BCUT2D eigenvalue weighted by molar-refractivity contribution is -0.442. The molecule has 0 aliphatic heterocycles. The van der Waals surface area contributed by atoms with Gasteiger partial charge in [0.1, 0.15) is 5.69 Å². The zero-order valence-corrected chi connectivity index (χ0v) is 16.3. The van der Waals surface area contributed by atoms with Crippen LogP contribution in [0.4, 0.5) is 70.2 Å². The Kier molecular flexibility index (Phi) is 6.70. The molecule has 1 aromatic carbocycles. The monoisotopic (exact) mass is 558 g/mol. The molecule has 2 aromatic rings. The molecule has 0 bridgehead atoms. The number of hydrogen-bond acceptors (Lipinski definition) is 2. The molecule has 0 aliphatic rings. The molecule has 0 spiro atoms. The van der Waals surface area contributed by atoms with E-state index in [1.165, 1.54) is 6.07 Å². The molecule has 0 amide bonds. The molecule has 0 aliphatic carbocycles. The van der Waals surface area contributed by atoms with Gasteiger partial charge in [0.15, 0.2) is 5.69 Å². The Morgan fingerprint density at radius 3 is 1.50 bits per heavy atom. The number of alkyl halides is 16. The minimum Gasteiger partial charge on any atom is -0.267 e. The quantitative estimate of drug-likeness (QED) is 0.367. The van der Waals surface area contributed by atoms with Crippen molar-refractivity contribution in [1.82, 2.24) is 9.78 Å². The summed E-state index contributed by atoms with van der Waals surface area (Å²) in [6, 6.07) is 3.57. The molecule has 0 saturated heterocycles. The van der Waals surface area contributed by atoms with Crippen molar-refractivity contribution in [2.75, 3.05) is 0 Å². The standard InChI is InChI=1S/C17H6F16N2O/c18-11(19,13(23,24)14(25,26)15(27,28)16(29,30)17(31,32)33)8-6-9(12(20,21)22)35(34-8)10(36)7-4-2-1-3-5-7/h1-6H. The van der Waals surface area contributed by atoms with Crippen molar-refractivity contribution in [2.24, 2.45) is 0 Å². The molecule has 1 aromatic heterocycles. The molecule has 19 heteroatoms. The van der Waals surface area contributed by atoms with Crippen molar-refractivity contribution < 1.29 is 75.0 Å². The highest BCUT2D eigenvalue weighted by Crippen LogP contribution is 2.62. The maximum Gasteiger partial charge on any atom is 0.460 e. The Hall–Kier alpha value is -3.02. The fraction of sp³-hybridized carbons (Fsp3) is 0.412. The summed E-state index contributed by atoms with van der Waals surface area (Å²) in [5.41, 5.74) is -6.57. The largest absolute Gasteiger partial charge is 0.460 e. The summed E-state index contributed by atoms with van der Waals surface area (Å²) in [6.07, 6.45) is -13.6. The molecule has 202 valence electrons. The molecule has 2 rings (SSSR count). The molecule has 0 unspecified atom stereocenters. The van der Waals surface area contributed by atoms with Crippen LogP contribution in [0, 0.1) is 0 Å². The summed E-state index contributed by atoms with van der Waals surface area (Å²) in [5.74, 6) is -41.5. The maximum absolute atomic E-state index is 14.2. The van der Waals surface area contributed by atoms with Gasteiger partial charge in [0.2, 0.25) is 0 Å². The summed E-state index contributed by atoms with van der Waals surface area (Å²) in [7, 11) is 0. The molecule has 0 fully saturated rings. The third-order valence-electron chi connectivity index (χ3n) is 4.47. The van der Waals surface area contributed by atoms with Gasteiger partial charge in [-0.2, -0.15) is 80.0 Å². The summed E-state index contributed by atoms with van der Waals surface area (Å²) in [5, 5.41) is 2.13. The first-order valence-electron chi connectivity index (χ1n) is 8.59. The molecule has 1 heterocycles. The van der Waals surface area contributed by atoms with Crippen molar-refractivity contribution in [2.45, 2.75) is 42.0 Å². The van der Waals surface area contributed by atoms with Crippen molar-refractivity contribution in [3.63, 3.8) is 0 Å². The predicted molar refractivity (Wildman–Crippen MR) is 83.1 cm³/mol. The average Bonchev–Trinajstić information content (AvgIpc) is 3.19. The number of benzene rings is 1. The van der Waals surface area contributed by atoms with Crippen molar-refractivity contribution in [3.8, 4) is 0 Å². The first-order valence-corrected chi connectivity index (χ1v) is 8.59. The maximum atomic E-state index is 14.2. The first kappa shape index (κ1) is 29.2. The second kappa shape index (κ2) is 8.25. The minimum absolute atomic E-state index is 0.754. The molecule has 0 saturated carbocycles. The molecule has 0 atom stereocenters. The molecule has 0 N–H and O–H groups in total. The van der Waals surface area contributed by atoms with Crippen molar-refractivity contribution in [3.05, 3.63) is 53.3 Å². The lowest BCUT2D eigenvalue weighted by Crippen LogP contribution is -2.69. The normalized spacial score (nSPS) is 14.8. The number of rotatable bonds is 6. The third kappa shape index (κ3) is 4.14. The van der Waals surface area contributed by atoms with Gasteiger partial charge in [0.25, 0.3) is 5.91 Å². The first-order chi connectivity index (χ1) is 15.9. The Bertz CT molecular complexity index is 1110.